The average molecular weight is 274 g/mol. The number of nitrogens with zero attached hydrogens (tertiary/aromatic N) is 1. The zero-order chi connectivity index (χ0) is 14.7. The number of hydrogen-bond donors (Lipinski definition) is 4. The van der Waals surface area contributed by atoms with Crippen molar-refractivity contribution in [3.63, 3.8) is 0 Å². The number of amides is 2. The molecule has 2 amide bonds. The van der Waals surface area contributed by atoms with Gasteiger partial charge in [-0.15, -0.1) is 0 Å². The molecule has 0 radical (unpaired) electrons. The van der Waals surface area contributed by atoms with Crippen LogP contribution in [0, 0.1) is 0 Å². The van der Waals surface area contributed by atoms with Crippen LogP contribution in [0.25, 0.3) is 0 Å². The van der Waals surface area contributed by atoms with E-state index in [1.807, 2.05) is 6.07 Å². The van der Waals surface area contributed by atoms with Crippen LogP contribution in [0.4, 0.5) is 16.2 Å². The molecule has 0 aliphatic rings. The summed E-state index contributed by atoms with van der Waals surface area (Å²) in [4.78, 5) is 13.4. The Morgan fingerprint density at radius 1 is 1.05 bits per heavy atom. The van der Waals surface area contributed by atoms with Crippen molar-refractivity contribution in [3.8, 4) is 17.2 Å². The molecule has 0 unspecified atom stereocenters. The quantitative estimate of drug-likeness (QED) is 0.500. The molecule has 0 saturated heterocycles. The Kier molecular flexibility index (Phi) is 3.65. The van der Waals surface area contributed by atoms with Crippen molar-refractivity contribution in [1.29, 1.82) is 0 Å². The second-order valence-corrected chi connectivity index (χ2v) is 4.19. The molecule has 6 nitrogen and oxygen atoms in total. The lowest BCUT2D eigenvalue weighted by molar-refractivity contribution is 0.258. The molecule has 0 bridgehead atoms. The fourth-order valence-corrected chi connectivity index (χ4v) is 1.65. The van der Waals surface area contributed by atoms with Crippen LogP contribution in [0.1, 0.15) is 0 Å². The van der Waals surface area contributed by atoms with Crippen LogP contribution in [-0.4, -0.2) is 28.4 Å². The molecular formula is C14H14N2O4. The normalized spacial score (nSPS) is 10.1. The van der Waals surface area contributed by atoms with Crippen molar-refractivity contribution in [2.24, 2.45) is 0 Å². The number of anilines is 2. The van der Waals surface area contributed by atoms with Crippen LogP contribution in [0.5, 0.6) is 17.2 Å². The standard InChI is InChI=1S/C14H14N2O4/c1-16(10-5-3-2-4-6-10)14(20)15-9-7-11(17)13(19)12(18)8-9/h2-8,17-19H,1H3,(H,15,20). The first-order chi connectivity index (χ1) is 9.49. The molecule has 0 heterocycles. The molecule has 104 valence electrons. The lowest BCUT2D eigenvalue weighted by Gasteiger charge is -2.18. The largest absolute Gasteiger partial charge is 0.504 e. The first kappa shape index (κ1) is 13.5. The third kappa shape index (κ3) is 2.74. The number of phenols is 3. The van der Waals surface area contributed by atoms with E-state index in [9.17, 15) is 20.1 Å². The van der Waals surface area contributed by atoms with E-state index < -0.39 is 23.3 Å². The topological polar surface area (TPSA) is 93.0 Å². The Morgan fingerprint density at radius 3 is 2.15 bits per heavy atom. The maximum Gasteiger partial charge on any atom is 0.326 e. The number of phenolic OH excluding ortho intramolecular Hbond substituents is 3. The predicted octanol–water partition coefficient (Wildman–Crippen LogP) is 2.47. The minimum Gasteiger partial charge on any atom is -0.504 e. The van der Waals surface area contributed by atoms with E-state index in [4.69, 9.17) is 0 Å². The van der Waals surface area contributed by atoms with Gasteiger partial charge >= 0.3 is 6.03 Å². The molecule has 0 spiro atoms. The Balaban J connectivity index is 2.16. The molecule has 4 N–H and O–H groups in total. The first-order valence-electron chi connectivity index (χ1n) is 5.83. The van der Waals surface area contributed by atoms with E-state index >= 15 is 0 Å². The lowest BCUT2D eigenvalue weighted by Crippen LogP contribution is -2.31. The van der Waals surface area contributed by atoms with Gasteiger partial charge in [0.15, 0.2) is 17.2 Å². The monoisotopic (exact) mass is 274 g/mol. The number of aromatic hydroxyl groups is 3. The minimum atomic E-state index is -0.626. The van der Waals surface area contributed by atoms with Crippen molar-refractivity contribution in [2.45, 2.75) is 0 Å². The van der Waals surface area contributed by atoms with Crippen molar-refractivity contribution in [1.82, 2.24) is 0 Å². The molecule has 2 rings (SSSR count). The Labute approximate surface area is 115 Å². The number of urea groups is 1. The highest BCUT2D eigenvalue weighted by Crippen LogP contribution is 2.37. The van der Waals surface area contributed by atoms with E-state index in [0.29, 0.717) is 5.69 Å². The maximum atomic E-state index is 12.0. The Hall–Kier alpha value is -2.89. The van der Waals surface area contributed by atoms with E-state index in [0.717, 1.165) is 12.1 Å². The van der Waals surface area contributed by atoms with Gasteiger partial charge in [-0.05, 0) is 12.1 Å². The molecule has 0 fully saturated rings. The summed E-state index contributed by atoms with van der Waals surface area (Å²) in [5.74, 6) is -1.65. The van der Waals surface area contributed by atoms with Gasteiger partial charge in [0.25, 0.3) is 0 Å². The van der Waals surface area contributed by atoms with Crippen LogP contribution >= 0.6 is 0 Å². The molecule has 2 aromatic carbocycles. The van der Waals surface area contributed by atoms with E-state index in [1.54, 1.807) is 31.3 Å². The number of rotatable bonds is 2. The highest BCUT2D eigenvalue weighted by atomic mass is 16.3. The van der Waals surface area contributed by atoms with E-state index in [1.165, 1.54) is 4.90 Å². The Bertz CT molecular complexity index is 605. The summed E-state index contributed by atoms with van der Waals surface area (Å²) in [5, 5.41) is 30.5. The number of hydrogen-bond acceptors (Lipinski definition) is 4. The van der Waals surface area contributed by atoms with Gasteiger partial charge in [-0.3, -0.25) is 4.90 Å². The second-order valence-electron chi connectivity index (χ2n) is 4.19. The zero-order valence-corrected chi connectivity index (χ0v) is 10.7. The Morgan fingerprint density at radius 2 is 1.60 bits per heavy atom. The van der Waals surface area contributed by atoms with Crippen molar-refractivity contribution >= 4 is 17.4 Å². The summed E-state index contributed by atoms with van der Waals surface area (Å²) in [6.07, 6.45) is 0. The van der Waals surface area contributed by atoms with Gasteiger partial charge in [-0.2, -0.15) is 0 Å². The predicted molar refractivity (Wildman–Crippen MR) is 75.3 cm³/mol. The average Bonchev–Trinajstić information content (AvgIpc) is 2.44. The first-order valence-corrected chi connectivity index (χ1v) is 5.83. The highest BCUT2D eigenvalue weighted by Gasteiger charge is 2.13. The SMILES string of the molecule is CN(C(=O)Nc1cc(O)c(O)c(O)c1)c1ccccc1. The third-order valence-electron chi connectivity index (χ3n) is 2.77. The molecule has 0 saturated carbocycles. The molecule has 0 atom stereocenters. The van der Waals surface area contributed by atoms with Crippen LogP contribution in [0.2, 0.25) is 0 Å². The molecular weight excluding hydrogens is 260 g/mol. The molecule has 0 aliphatic heterocycles. The molecule has 0 aliphatic carbocycles. The van der Waals surface area contributed by atoms with Crippen LogP contribution in [-0.2, 0) is 0 Å². The summed E-state index contributed by atoms with van der Waals surface area (Å²) in [6.45, 7) is 0. The maximum absolute atomic E-state index is 12.0. The number of carbonyl (C=O) groups is 1. The lowest BCUT2D eigenvalue weighted by atomic mass is 10.2. The summed E-state index contributed by atoms with van der Waals surface area (Å²) in [7, 11) is 1.59. The van der Waals surface area contributed by atoms with Gasteiger partial charge in [-0.1, -0.05) is 18.2 Å². The number of nitrogens with one attached hydrogen (secondary N) is 1. The van der Waals surface area contributed by atoms with Gasteiger partial charge in [0.2, 0.25) is 0 Å². The van der Waals surface area contributed by atoms with Gasteiger partial charge in [0, 0.05) is 24.9 Å². The fourth-order valence-electron chi connectivity index (χ4n) is 1.65. The molecule has 2 aromatic rings. The van der Waals surface area contributed by atoms with Crippen molar-refractivity contribution < 1.29 is 20.1 Å². The fraction of sp³-hybridized carbons (Fsp3) is 0.0714. The number of benzene rings is 2. The van der Waals surface area contributed by atoms with Crippen LogP contribution in [0.15, 0.2) is 42.5 Å². The van der Waals surface area contributed by atoms with E-state index in [-0.39, 0.29) is 5.69 Å². The van der Waals surface area contributed by atoms with Crippen LogP contribution < -0.4 is 10.2 Å². The van der Waals surface area contributed by atoms with Gasteiger partial charge in [0.05, 0.1) is 5.69 Å². The van der Waals surface area contributed by atoms with Crippen LogP contribution in [0.3, 0.4) is 0 Å². The van der Waals surface area contributed by atoms with Gasteiger partial charge in [-0.25, -0.2) is 4.79 Å². The molecule has 0 aromatic heterocycles. The highest BCUT2D eigenvalue weighted by molar-refractivity contribution is 6.01. The molecule has 6 heteroatoms. The van der Waals surface area contributed by atoms with Crippen molar-refractivity contribution in [2.75, 3.05) is 17.3 Å². The number of para-hydroxylation sites is 1. The smallest absolute Gasteiger partial charge is 0.326 e. The number of carbonyl (C=O) groups excluding carboxylic acids is 1. The minimum absolute atomic E-state index is 0.172. The summed E-state index contributed by atoms with van der Waals surface area (Å²) >= 11 is 0. The molecule has 20 heavy (non-hydrogen) atoms. The third-order valence-corrected chi connectivity index (χ3v) is 2.77. The zero-order valence-electron chi connectivity index (χ0n) is 10.7. The summed E-state index contributed by atoms with van der Waals surface area (Å²) in [6, 6.07) is 10.8. The summed E-state index contributed by atoms with van der Waals surface area (Å²) in [5.41, 5.74) is 0.864. The van der Waals surface area contributed by atoms with Crippen molar-refractivity contribution in [3.05, 3.63) is 42.5 Å². The van der Waals surface area contributed by atoms with Gasteiger partial charge in [0.1, 0.15) is 0 Å². The second kappa shape index (κ2) is 5.40. The van der Waals surface area contributed by atoms with E-state index in [2.05, 4.69) is 5.32 Å². The summed E-state index contributed by atoms with van der Waals surface area (Å²) < 4.78 is 0. The van der Waals surface area contributed by atoms with Gasteiger partial charge < -0.3 is 20.6 Å².